The predicted octanol–water partition coefficient (Wildman–Crippen LogP) is 2.84. The van der Waals surface area contributed by atoms with Crippen molar-refractivity contribution in [2.75, 3.05) is 39.7 Å². The Hall–Kier alpha value is -2.22. The molecule has 0 saturated carbocycles. The summed E-state index contributed by atoms with van der Waals surface area (Å²) < 4.78 is 22.8. The minimum atomic E-state index is -1.05. The average Bonchev–Trinajstić information content (AvgIpc) is 2.78. The number of hydrogen-bond donors (Lipinski definition) is 1. The van der Waals surface area contributed by atoms with Crippen molar-refractivity contribution in [2.45, 2.75) is 30.3 Å². The number of rotatable bonds is 9. The Kier molecular flexibility index (Phi) is 8.42. The van der Waals surface area contributed by atoms with Gasteiger partial charge in [0.2, 0.25) is 0 Å². The molecule has 1 amide bonds. The molecular formula is C23H30N2O4S. The van der Waals surface area contributed by atoms with Crippen molar-refractivity contribution >= 4 is 16.7 Å². The molecule has 0 aliphatic carbocycles. The SMILES string of the molecule is CN(CCOc1cccc(CNC(=O)c2ccc(S(C)=O)cc2)c1)C1CCOCC1. The topological polar surface area (TPSA) is 67.9 Å². The molecule has 3 rings (SSSR count). The third-order valence-corrected chi connectivity index (χ3v) is 6.26. The molecule has 0 bridgehead atoms. The van der Waals surface area contributed by atoms with E-state index in [-0.39, 0.29) is 5.91 Å². The lowest BCUT2D eigenvalue weighted by Gasteiger charge is -2.31. The highest BCUT2D eigenvalue weighted by molar-refractivity contribution is 7.84. The van der Waals surface area contributed by atoms with Crippen LogP contribution >= 0.6 is 0 Å². The highest BCUT2D eigenvalue weighted by atomic mass is 32.2. The number of benzene rings is 2. The number of ether oxygens (including phenoxy) is 2. The monoisotopic (exact) mass is 430 g/mol. The molecule has 0 spiro atoms. The molecule has 1 heterocycles. The average molecular weight is 431 g/mol. The maximum Gasteiger partial charge on any atom is 0.251 e. The number of nitrogens with zero attached hydrogens (tertiary/aromatic N) is 1. The van der Waals surface area contributed by atoms with E-state index in [1.165, 1.54) is 0 Å². The summed E-state index contributed by atoms with van der Waals surface area (Å²) in [5, 5.41) is 2.92. The maximum absolute atomic E-state index is 12.3. The summed E-state index contributed by atoms with van der Waals surface area (Å²) >= 11 is 0. The Bertz CT molecular complexity index is 851. The highest BCUT2D eigenvalue weighted by Crippen LogP contribution is 2.15. The summed E-state index contributed by atoms with van der Waals surface area (Å²) in [7, 11) is 1.09. The molecule has 2 aromatic rings. The van der Waals surface area contributed by atoms with E-state index in [1.807, 2.05) is 24.3 Å². The molecule has 162 valence electrons. The van der Waals surface area contributed by atoms with Gasteiger partial charge in [-0.25, -0.2) is 0 Å². The van der Waals surface area contributed by atoms with Crippen LogP contribution in [0, 0.1) is 0 Å². The van der Waals surface area contributed by atoms with E-state index < -0.39 is 10.8 Å². The van der Waals surface area contributed by atoms with Gasteiger partial charge in [0.1, 0.15) is 12.4 Å². The van der Waals surface area contributed by atoms with Gasteiger partial charge in [0.25, 0.3) is 5.91 Å². The Morgan fingerprint density at radius 3 is 2.63 bits per heavy atom. The molecule has 6 nitrogen and oxygen atoms in total. The molecular weight excluding hydrogens is 400 g/mol. The van der Waals surface area contributed by atoms with Crippen molar-refractivity contribution in [3.8, 4) is 5.75 Å². The third-order valence-electron chi connectivity index (χ3n) is 5.33. The Balaban J connectivity index is 1.45. The molecule has 1 unspecified atom stereocenters. The lowest BCUT2D eigenvalue weighted by molar-refractivity contribution is 0.0392. The quantitative estimate of drug-likeness (QED) is 0.663. The lowest BCUT2D eigenvalue weighted by atomic mass is 10.1. The first-order valence-electron chi connectivity index (χ1n) is 10.2. The number of carbonyl (C=O) groups excluding carboxylic acids is 1. The molecule has 7 heteroatoms. The zero-order valence-corrected chi connectivity index (χ0v) is 18.5. The van der Waals surface area contributed by atoms with Gasteiger partial charge in [0.05, 0.1) is 0 Å². The molecule has 30 heavy (non-hydrogen) atoms. The van der Waals surface area contributed by atoms with Crippen molar-refractivity contribution in [1.82, 2.24) is 10.2 Å². The van der Waals surface area contributed by atoms with Crippen molar-refractivity contribution < 1.29 is 18.5 Å². The summed E-state index contributed by atoms with van der Waals surface area (Å²) in [4.78, 5) is 15.4. The van der Waals surface area contributed by atoms with Gasteiger partial charge in [-0.2, -0.15) is 0 Å². The van der Waals surface area contributed by atoms with Gasteiger partial charge in [-0.15, -0.1) is 0 Å². The number of nitrogens with one attached hydrogen (secondary N) is 1. The number of likely N-dealkylation sites (N-methyl/N-ethyl adjacent to an activating group) is 1. The molecule has 1 fully saturated rings. The summed E-state index contributed by atoms with van der Waals surface area (Å²) in [6.07, 6.45) is 3.77. The molecule has 1 aliphatic rings. The second-order valence-electron chi connectivity index (χ2n) is 7.48. The fourth-order valence-electron chi connectivity index (χ4n) is 3.44. The second kappa shape index (κ2) is 11.2. The number of hydrogen-bond acceptors (Lipinski definition) is 5. The minimum absolute atomic E-state index is 0.159. The van der Waals surface area contributed by atoms with Crippen LogP contribution in [0.5, 0.6) is 5.75 Å². The Labute approximate surface area is 181 Å². The molecule has 0 radical (unpaired) electrons. The zero-order valence-electron chi connectivity index (χ0n) is 17.6. The van der Waals surface area contributed by atoms with E-state index in [9.17, 15) is 9.00 Å². The lowest BCUT2D eigenvalue weighted by Crippen LogP contribution is -2.38. The molecule has 1 aliphatic heterocycles. The molecule has 1 N–H and O–H groups in total. The van der Waals surface area contributed by atoms with E-state index in [0.717, 1.165) is 43.9 Å². The van der Waals surface area contributed by atoms with Crippen molar-refractivity contribution in [2.24, 2.45) is 0 Å². The van der Waals surface area contributed by atoms with Crippen LogP contribution in [0.25, 0.3) is 0 Å². The van der Waals surface area contributed by atoms with Crippen LogP contribution in [0.2, 0.25) is 0 Å². The number of carbonyl (C=O) groups is 1. The summed E-state index contributed by atoms with van der Waals surface area (Å²) in [5.41, 5.74) is 1.53. The van der Waals surface area contributed by atoms with Crippen molar-refractivity contribution in [1.29, 1.82) is 0 Å². The number of amides is 1. The molecule has 1 atom stereocenters. The standard InChI is InChI=1S/C23H30N2O4S/c1-25(20-10-13-28-14-11-20)12-15-29-21-5-3-4-18(16-21)17-24-23(26)19-6-8-22(9-7-19)30(2)27/h3-9,16,20H,10-15,17H2,1-2H3,(H,24,26). The zero-order chi connectivity index (χ0) is 21.3. The highest BCUT2D eigenvalue weighted by Gasteiger charge is 2.18. The molecule has 0 aromatic heterocycles. The van der Waals surface area contributed by atoms with E-state index >= 15 is 0 Å². The Morgan fingerprint density at radius 2 is 1.93 bits per heavy atom. The van der Waals surface area contributed by atoms with Gasteiger partial charge in [-0.05, 0) is 61.9 Å². The predicted molar refractivity (Wildman–Crippen MR) is 118 cm³/mol. The first kappa shape index (κ1) is 22.5. The fraction of sp³-hybridized carbons (Fsp3) is 0.435. The van der Waals surface area contributed by atoms with Crippen LogP contribution in [-0.4, -0.2) is 60.7 Å². The van der Waals surface area contributed by atoms with E-state index in [2.05, 4.69) is 17.3 Å². The van der Waals surface area contributed by atoms with Gasteiger partial charge >= 0.3 is 0 Å². The smallest absolute Gasteiger partial charge is 0.251 e. The van der Waals surface area contributed by atoms with Crippen LogP contribution in [0.3, 0.4) is 0 Å². The normalized spacial score (nSPS) is 15.7. The van der Waals surface area contributed by atoms with E-state index in [4.69, 9.17) is 9.47 Å². The minimum Gasteiger partial charge on any atom is -0.492 e. The van der Waals surface area contributed by atoms with Crippen LogP contribution in [0.1, 0.15) is 28.8 Å². The van der Waals surface area contributed by atoms with Gasteiger partial charge in [-0.3, -0.25) is 13.9 Å². The van der Waals surface area contributed by atoms with Crippen molar-refractivity contribution in [3.63, 3.8) is 0 Å². The van der Waals surface area contributed by atoms with E-state index in [0.29, 0.717) is 29.7 Å². The van der Waals surface area contributed by atoms with Crippen LogP contribution < -0.4 is 10.1 Å². The van der Waals surface area contributed by atoms with Crippen molar-refractivity contribution in [3.05, 3.63) is 59.7 Å². The summed E-state index contributed by atoms with van der Waals surface area (Å²) in [6, 6.07) is 15.2. The van der Waals surface area contributed by atoms with E-state index in [1.54, 1.807) is 30.5 Å². The molecule has 2 aromatic carbocycles. The van der Waals surface area contributed by atoms with Crippen LogP contribution in [-0.2, 0) is 22.1 Å². The Morgan fingerprint density at radius 1 is 1.20 bits per heavy atom. The summed E-state index contributed by atoms with van der Waals surface area (Å²) in [6.45, 7) is 3.58. The largest absolute Gasteiger partial charge is 0.492 e. The first-order chi connectivity index (χ1) is 14.5. The molecule has 1 saturated heterocycles. The first-order valence-corrected chi connectivity index (χ1v) is 11.8. The fourth-order valence-corrected chi connectivity index (χ4v) is 3.96. The van der Waals surface area contributed by atoms with Crippen LogP contribution in [0.15, 0.2) is 53.4 Å². The summed E-state index contributed by atoms with van der Waals surface area (Å²) in [5.74, 6) is 0.643. The van der Waals surface area contributed by atoms with Gasteiger partial charge in [0.15, 0.2) is 0 Å². The third kappa shape index (κ3) is 6.65. The van der Waals surface area contributed by atoms with Gasteiger partial charge in [0, 0.05) is 59.9 Å². The van der Waals surface area contributed by atoms with Gasteiger partial charge in [-0.1, -0.05) is 12.1 Å². The van der Waals surface area contributed by atoms with Crippen LogP contribution in [0.4, 0.5) is 0 Å². The van der Waals surface area contributed by atoms with Gasteiger partial charge < -0.3 is 14.8 Å². The maximum atomic E-state index is 12.3. The second-order valence-corrected chi connectivity index (χ2v) is 8.86.